The minimum atomic E-state index is -0.887. The van der Waals surface area contributed by atoms with E-state index < -0.39 is 11.9 Å². The van der Waals surface area contributed by atoms with Crippen LogP contribution in [0.2, 0.25) is 0 Å². The van der Waals surface area contributed by atoms with E-state index in [1.165, 1.54) is 0 Å². The number of ether oxygens (including phenoxy) is 1. The molecule has 5 heteroatoms. The Morgan fingerprint density at radius 1 is 1.09 bits per heavy atom. The number of imidazole rings is 1. The molecular weight excluding hydrogens is 292 g/mol. The fourth-order valence-corrected chi connectivity index (χ4v) is 2.14. The van der Waals surface area contributed by atoms with Crippen LogP contribution in [0.25, 0.3) is 5.69 Å². The molecule has 1 unspecified atom stereocenters. The van der Waals surface area contributed by atoms with Gasteiger partial charge in [-0.15, -0.1) is 0 Å². The van der Waals surface area contributed by atoms with E-state index in [-0.39, 0.29) is 0 Å². The van der Waals surface area contributed by atoms with Gasteiger partial charge < -0.3 is 14.4 Å². The fourth-order valence-electron chi connectivity index (χ4n) is 2.14. The average Bonchev–Trinajstić information content (AvgIpc) is 3.05. The highest BCUT2D eigenvalue weighted by Crippen LogP contribution is 2.23. The van der Waals surface area contributed by atoms with E-state index in [4.69, 9.17) is 9.84 Å². The topological polar surface area (TPSA) is 64.3 Å². The molecule has 1 aromatic heterocycles. The van der Waals surface area contributed by atoms with Gasteiger partial charge in [0.25, 0.3) is 0 Å². The second kappa shape index (κ2) is 6.36. The first kappa shape index (κ1) is 14.8. The third-order valence-corrected chi connectivity index (χ3v) is 3.53. The molecule has 1 heterocycles. The van der Waals surface area contributed by atoms with Gasteiger partial charge in [0.2, 0.25) is 0 Å². The third kappa shape index (κ3) is 3.40. The van der Waals surface area contributed by atoms with Crippen molar-refractivity contribution >= 4 is 5.97 Å². The van der Waals surface area contributed by atoms with E-state index in [0.29, 0.717) is 5.69 Å². The van der Waals surface area contributed by atoms with Crippen molar-refractivity contribution in [2.45, 2.75) is 12.8 Å². The van der Waals surface area contributed by atoms with E-state index in [2.05, 4.69) is 4.98 Å². The number of carboxylic acids is 1. The summed E-state index contributed by atoms with van der Waals surface area (Å²) in [5, 5.41) is 9.03. The molecule has 0 fully saturated rings. The lowest BCUT2D eigenvalue weighted by molar-refractivity contribution is -0.138. The summed E-state index contributed by atoms with van der Waals surface area (Å²) in [6.07, 6.45) is 3.34. The molecule has 0 spiro atoms. The van der Waals surface area contributed by atoms with Crippen LogP contribution in [0.4, 0.5) is 0 Å². The van der Waals surface area contributed by atoms with Crippen molar-refractivity contribution in [2.75, 3.05) is 0 Å². The number of aromatic nitrogens is 2. The maximum absolute atomic E-state index is 11.0. The van der Waals surface area contributed by atoms with Crippen molar-refractivity contribution in [3.8, 4) is 17.2 Å². The van der Waals surface area contributed by atoms with Gasteiger partial charge in [-0.05, 0) is 43.3 Å². The summed E-state index contributed by atoms with van der Waals surface area (Å²) in [5.74, 6) is -0.00145. The number of hydrogen-bond acceptors (Lipinski definition) is 3. The molecule has 1 atom stereocenters. The van der Waals surface area contributed by atoms with Gasteiger partial charge in [-0.1, -0.05) is 18.2 Å². The van der Waals surface area contributed by atoms with Crippen LogP contribution in [0, 0.1) is 0 Å². The van der Waals surface area contributed by atoms with Gasteiger partial charge in [0.05, 0.1) is 17.9 Å². The molecular formula is C18H16N2O3. The quantitative estimate of drug-likeness (QED) is 0.777. The van der Waals surface area contributed by atoms with Gasteiger partial charge in [0.1, 0.15) is 11.5 Å². The van der Waals surface area contributed by atoms with Crippen molar-refractivity contribution in [3.05, 3.63) is 72.8 Å². The lowest BCUT2D eigenvalue weighted by Crippen LogP contribution is -2.07. The van der Waals surface area contributed by atoms with Gasteiger partial charge in [0, 0.05) is 11.9 Å². The summed E-state index contributed by atoms with van der Waals surface area (Å²) >= 11 is 0. The van der Waals surface area contributed by atoms with E-state index in [1.54, 1.807) is 24.0 Å². The van der Waals surface area contributed by atoms with E-state index in [9.17, 15) is 4.79 Å². The molecule has 0 radical (unpaired) electrons. The van der Waals surface area contributed by atoms with E-state index >= 15 is 0 Å². The average molecular weight is 308 g/mol. The van der Waals surface area contributed by atoms with Crippen LogP contribution >= 0.6 is 0 Å². The van der Waals surface area contributed by atoms with Crippen LogP contribution in [0.1, 0.15) is 18.5 Å². The smallest absolute Gasteiger partial charge is 0.312 e. The van der Waals surface area contributed by atoms with Crippen molar-refractivity contribution in [2.24, 2.45) is 0 Å². The van der Waals surface area contributed by atoms with Crippen LogP contribution in [-0.4, -0.2) is 20.6 Å². The number of benzene rings is 2. The minimum Gasteiger partial charge on any atom is -0.481 e. The molecule has 23 heavy (non-hydrogen) atoms. The maximum atomic E-state index is 11.0. The lowest BCUT2D eigenvalue weighted by Gasteiger charge is -2.07. The molecule has 0 amide bonds. The first-order valence-corrected chi connectivity index (χ1v) is 7.23. The van der Waals surface area contributed by atoms with Crippen molar-refractivity contribution in [1.82, 2.24) is 9.55 Å². The van der Waals surface area contributed by atoms with Crippen LogP contribution in [0.15, 0.2) is 67.1 Å². The first-order valence-electron chi connectivity index (χ1n) is 7.23. The number of carbonyl (C=O) groups is 1. The summed E-state index contributed by atoms with van der Waals surface area (Å²) in [5.41, 5.74) is 1.42. The maximum Gasteiger partial charge on any atom is 0.312 e. The fraction of sp³-hybridized carbons (Fsp3) is 0.111. The summed E-state index contributed by atoms with van der Waals surface area (Å²) in [6.45, 7) is 1.62. The van der Waals surface area contributed by atoms with Crippen LogP contribution in [0.3, 0.4) is 0 Å². The van der Waals surface area contributed by atoms with Crippen LogP contribution in [0.5, 0.6) is 11.5 Å². The molecule has 116 valence electrons. The Kier molecular flexibility index (Phi) is 4.10. The Bertz CT molecular complexity index is 795. The largest absolute Gasteiger partial charge is 0.481 e. The lowest BCUT2D eigenvalue weighted by atomic mass is 10.1. The van der Waals surface area contributed by atoms with Crippen molar-refractivity contribution in [3.63, 3.8) is 0 Å². The van der Waals surface area contributed by atoms with Gasteiger partial charge in [-0.2, -0.15) is 0 Å². The Balaban J connectivity index is 1.76. The SMILES string of the molecule is CC(C(=O)O)c1cn(-c2ccc(Oc3ccccc3)cc2)cn1. The standard InChI is InChI=1S/C18H16N2O3/c1-13(18(21)22)17-11-20(12-19-17)14-7-9-16(10-8-14)23-15-5-3-2-4-6-15/h2-13H,1H3,(H,21,22). The number of nitrogens with zero attached hydrogens (tertiary/aromatic N) is 2. The number of carboxylic acid groups (broad SMARTS) is 1. The number of rotatable bonds is 5. The predicted octanol–water partition coefficient (Wildman–Crippen LogP) is 3.85. The minimum absolute atomic E-state index is 0.530. The molecule has 3 rings (SSSR count). The highest BCUT2D eigenvalue weighted by Gasteiger charge is 2.16. The zero-order valence-electron chi connectivity index (χ0n) is 12.6. The summed E-state index contributed by atoms with van der Waals surface area (Å²) in [4.78, 5) is 15.2. The highest BCUT2D eigenvalue weighted by atomic mass is 16.5. The second-order valence-corrected chi connectivity index (χ2v) is 5.17. The second-order valence-electron chi connectivity index (χ2n) is 5.17. The Morgan fingerprint density at radius 3 is 2.39 bits per heavy atom. The zero-order chi connectivity index (χ0) is 16.2. The van der Waals surface area contributed by atoms with E-state index in [0.717, 1.165) is 17.2 Å². The number of hydrogen-bond donors (Lipinski definition) is 1. The van der Waals surface area contributed by atoms with Crippen molar-refractivity contribution < 1.29 is 14.6 Å². The zero-order valence-corrected chi connectivity index (χ0v) is 12.6. The molecule has 3 aromatic rings. The van der Waals surface area contributed by atoms with Gasteiger partial charge in [0.15, 0.2) is 0 Å². The van der Waals surface area contributed by atoms with Crippen molar-refractivity contribution in [1.29, 1.82) is 0 Å². The van der Waals surface area contributed by atoms with Crippen LogP contribution < -0.4 is 4.74 Å². The summed E-state index contributed by atoms with van der Waals surface area (Å²) in [6, 6.07) is 17.1. The summed E-state index contributed by atoms with van der Waals surface area (Å²) < 4.78 is 7.53. The molecule has 0 aliphatic heterocycles. The number of para-hydroxylation sites is 1. The number of aliphatic carboxylic acids is 1. The third-order valence-electron chi connectivity index (χ3n) is 3.53. The Morgan fingerprint density at radius 2 is 1.74 bits per heavy atom. The molecule has 1 N–H and O–H groups in total. The Labute approximate surface area is 133 Å². The van der Waals surface area contributed by atoms with Crippen LogP contribution in [-0.2, 0) is 4.79 Å². The van der Waals surface area contributed by atoms with Gasteiger partial charge in [-0.25, -0.2) is 4.98 Å². The normalized spacial score (nSPS) is 11.9. The monoisotopic (exact) mass is 308 g/mol. The predicted molar refractivity (Wildman–Crippen MR) is 86.1 cm³/mol. The van der Waals surface area contributed by atoms with E-state index in [1.807, 2.05) is 54.6 Å². The molecule has 0 aliphatic rings. The Hall–Kier alpha value is -3.08. The molecule has 5 nitrogen and oxygen atoms in total. The molecule has 0 saturated carbocycles. The summed E-state index contributed by atoms with van der Waals surface area (Å²) in [7, 11) is 0. The van der Waals surface area contributed by atoms with Gasteiger partial charge in [-0.3, -0.25) is 4.79 Å². The molecule has 2 aromatic carbocycles. The molecule has 0 aliphatic carbocycles. The van der Waals surface area contributed by atoms with Gasteiger partial charge >= 0.3 is 5.97 Å². The first-order chi connectivity index (χ1) is 11.1. The highest BCUT2D eigenvalue weighted by molar-refractivity contribution is 5.74. The molecule has 0 bridgehead atoms. The molecule has 0 saturated heterocycles.